The van der Waals surface area contributed by atoms with E-state index in [1.165, 1.54) is 0 Å². The highest BCUT2D eigenvalue weighted by atomic mass is 16.5. The summed E-state index contributed by atoms with van der Waals surface area (Å²) in [5, 5.41) is 3.49. The van der Waals surface area contributed by atoms with Gasteiger partial charge >= 0.3 is 0 Å². The first kappa shape index (κ1) is 13.9. The fourth-order valence-corrected chi connectivity index (χ4v) is 2.63. The van der Waals surface area contributed by atoms with E-state index in [1.54, 1.807) is 7.11 Å². The van der Waals surface area contributed by atoms with Crippen LogP contribution in [0.2, 0.25) is 0 Å². The lowest BCUT2D eigenvalue weighted by Gasteiger charge is -2.12. The third-order valence-corrected chi connectivity index (χ3v) is 4.77. The third kappa shape index (κ3) is 2.76. The summed E-state index contributed by atoms with van der Waals surface area (Å²) in [7, 11) is 1.72. The van der Waals surface area contributed by atoms with E-state index < -0.39 is 0 Å². The second-order valence-electron chi connectivity index (χ2n) is 6.20. The standard InChI is InChI=1S/C13H28N2O/c1-12(2)11(13(12,3)4)9-15-8-10(14)6-7-16-5/h10-11,15H,6-9,14H2,1-5H3. The molecular formula is C13H28N2O. The van der Waals surface area contributed by atoms with Crippen molar-refractivity contribution in [1.82, 2.24) is 5.32 Å². The van der Waals surface area contributed by atoms with Crippen LogP contribution < -0.4 is 11.1 Å². The first-order valence-corrected chi connectivity index (χ1v) is 6.29. The van der Waals surface area contributed by atoms with Gasteiger partial charge in [-0.3, -0.25) is 0 Å². The van der Waals surface area contributed by atoms with Crippen LogP contribution in [0, 0.1) is 16.7 Å². The molecule has 1 aliphatic carbocycles. The highest BCUT2D eigenvalue weighted by molar-refractivity contribution is 5.12. The molecule has 0 spiro atoms. The molecule has 0 radical (unpaired) electrons. The Morgan fingerprint density at radius 2 is 1.81 bits per heavy atom. The maximum Gasteiger partial charge on any atom is 0.0477 e. The van der Waals surface area contributed by atoms with E-state index >= 15 is 0 Å². The van der Waals surface area contributed by atoms with E-state index in [2.05, 4.69) is 33.0 Å². The Balaban J connectivity index is 2.13. The van der Waals surface area contributed by atoms with Gasteiger partial charge in [-0.05, 0) is 29.7 Å². The highest BCUT2D eigenvalue weighted by Gasteiger charge is 2.63. The summed E-state index contributed by atoms with van der Waals surface area (Å²) < 4.78 is 5.01. The average molecular weight is 228 g/mol. The molecule has 1 unspecified atom stereocenters. The Hall–Kier alpha value is -0.120. The zero-order valence-electron chi connectivity index (χ0n) is 11.5. The van der Waals surface area contributed by atoms with Gasteiger partial charge in [0.05, 0.1) is 0 Å². The Morgan fingerprint density at radius 3 is 2.25 bits per heavy atom. The summed E-state index contributed by atoms with van der Waals surface area (Å²) in [6.07, 6.45) is 0.932. The first-order chi connectivity index (χ1) is 7.34. The van der Waals surface area contributed by atoms with Crippen molar-refractivity contribution in [2.24, 2.45) is 22.5 Å². The zero-order valence-corrected chi connectivity index (χ0v) is 11.5. The lowest BCUT2D eigenvalue weighted by atomic mass is 10.0. The number of hydrogen-bond donors (Lipinski definition) is 2. The molecule has 0 aromatic heterocycles. The normalized spacial score (nSPS) is 24.4. The minimum atomic E-state index is 0.213. The minimum absolute atomic E-state index is 0.213. The fraction of sp³-hybridized carbons (Fsp3) is 1.00. The molecule has 3 nitrogen and oxygen atoms in total. The van der Waals surface area contributed by atoms with Crippen molar-refractivity contribution >= 4 is 0 Å². The Morgan fingerprint density at radius 1 is 1.25 bits per heavy atom. The number of rotatable bonds is 7. The van der Waals surface area contributed by atoms with Gasteiger partial charge in [0.25, 0.3) is 0 Å². The van der Waals surface area contributed by atoms with Crippen molar-refractivity contribution in [3.8, 4) is 0 Å². The molecule has 3 N–H and O–H groups in total. The smallest absolute Gasteiger partial charge is 0.0477 e. The number of nitrogens with one attached hydrogen (secondary N) is 1. The van der Waals surface area contributed by atoms with Crippen molar-refractivity contribution in [2.75, 3.05) is 26.8 Å². The molecule has 1 aliphatic rings. The van der Waals surface area contributed by atoms with Crippen molar-refractivity contribution in [3.05, 3.63) is 0 Å². The van der Waals surface area contributed by atoms with Gasteiger partial charge in [0.2, 0.25) is 0 Å². The molecule has 0 saturated heterocycles. The van der Waals surface area contributed by atoms with Crippen LogP contribution in [0.15, 0.2) is 0 Å². The quantitative estimate of drug-likeness (QED) is 0.696. The van der Waals surface area contributed by atoms with E-state index in [1.807, 2.05) is 0 Å². The number of hydrogen-bond acceptors (Lipinski definition) is 3. The zero-order chi connectivity index (χ0) is 12.4. The topological polar surface area (TPSA) is 47.3 Å². The van der Waals surface area contributed by atoms with E-state index in [0.717, 1.165) is 32.0 Å². The second-order valence-corrected chi connectivity index (χ2v) is 6.20. The van der Waals surface area contributed by atoms with Crippen LogP contribution in [-0.2, 0) is 4.74 Å². The van der Waals surface area contributed by atoms with Crippen molar-refractivity contribution < 1.29 is 4.74 Å². The summed E-state index contributed by atoms with van der Waals surface area (Å²) in [6.45, 7) is 12.1. The van der Waals surface area contributed by atoms with Crippen LogP contribution in [0.1, 0.15) is 34.1 Å². The molecule has 1 rings (SSSR count). The SMILES string of the molecule is COCCC(N)CNCC1C(C)(C)C1(C)C. The molecule has 0 amide bonds. The number of ether oxygens (including phenoxy) is 1. The van der Waals surface area contributed by atoms with E-state index in [-0.39, 0.29) is 6.04 Å². The van der Waals surface area contributed by atoms with Gasteiger partial charge in [-0.2, -0.15) is 0 Å². The van der Waals surface area contributed by atoms with Gasteiger partial charge in [0.15, 0.2) is 0 Å². The molecule has 0 aromatic rings. The summed E-state index contributed by atoms with van der Waals surface area (Å²) >= 11 is 0. The maximum atomic E-state index is 5.96. The predicted molar refractivity (Wildman–Crippen MR) is 68.4 cm³/mol. The van der Waals surface area contributed by atoms with Gasteiger partial charge in [-0.1, -0.05) is 27.7 Å². The fourth-order valence-electron chi connectivity index (χ4n) is 2.63. The van der Waals surface area contributed by atoms with Crippen LogP contribution in [0.25, 0.3) is 0 Å². The molecule has 96 valence electrons. The van der Waals surface area contributed by atoms with Crippen molar-refractivity contribution in [3.63, 3.8) is 0 Å². The van der Waals surface area contributed by atoms with Gasteiger partial charge in [-0.25, -0.2) is 0 Å². The average Bonchev–Trinajstić information content (AvgIpc) is 2.57. The van der Waals surface area contributed by atoms with Crippen LogP contribution >= 0.6 is 0 Å². The predicted octanol–water partition coefficient (Wildman–Crippen LogP) is 1.62. The third-order valence-electron chi connectivity index (χ3n) is 4.77. The second kappa shape index (κ2) is 5.03. The van der Waals surface area contributed by atoms with Gasteiger partial charge in [0.1, 0.15) is 0 Å². The summed E-state index contributed by atoms with van der Waals surface area (Å²) in [5.74, 6) is 0.773. The van der Waals surface area contributed by atoms with E-state index in [0.29, 0.717) is 10.8 Å². The van der Waals surface area contributed by atoms with Crippen LogP contribution in [0.4, 0.5) is 0 Å². The molecule has 1 fully saturated rings. The molecule has 0 heterocycles. The van der Waals surface area contributed by atoms with Gasteiger partial charge < -0.3 is 15.8 Å². The first-order valence-electron chi connectivity index (χ1n) is 6.29. The molecule has 16 heavy (non-hydrogen) atoms. The molecule has 0 bridgehead atoms. The van der Waals surface area contributed by atoms with Gasteiger partial charge in [-0.15, -0.1) is 0 Å². The van der Waals surface area contributed by atoms with Crippen LogP contribution in [0.5, 0.6) is 0 Å². The molecular weight excluding hydrogens is 200 g/mol. The van der Waals surface area contributed by atoms with Crippen LogP contribution in [0.3, 0.4) is 0 Å². The highest BCUT2D eigenvalue weighted by Crippen LogP contribution is 2.67. The molecule has 0 aliphatic heterocycles. The summed E-state index contributed by atoms with van der Waals surface area (Å²) in [5.41, 5.74) is 6.90. The maximum absolute atomic E-state index is 5.96. The summed E-state index contributed by atoms with van der Waals surface area (Å²) in [4.78, 5) is 0. The Bertz CT molecular complexity index is 212. The van der Waals surface area contributed by atoms with Gasteiger partial charge in [0, 0.05) is 26.3 Å². The number of nitrogens with two attached hydrogens (primary N) is 1. The molecule has 0 aromatic carbocycles. The monoisotopic (exact) mass is 228 g/mol. The van der Waals surface area contributed by atoms with Crippen LogP contribution in [-0.4, -0.2) is 32.8 Å². The largest absolute Gasteiger partial charge is 0.385 e. The van der Waals surface area contributed by atoms with Crippen molar-refractivity contribution in [1.29, 1.82) is 0 Å². The summed E-state index contributed by atoms with van der Waals surface area (Å²) in [6, 6.07) is 0.213. The molecule has 3 heteroatoms. The van der Waals surface area contributed by atoms with Crippen molar-refractivity contribution in [2.45, 2.75) is 40.2 Å². The minimum Gasteiger partial charge on any atom is -0.385 e. The lowest BCUT2D eigenvalue weighted by Crippen LogP contribution is -2.36. The molecule has 1 atom stereocenters. The Kier molecular flexibility index (Phi) is 4.38. The van der Waals surface area contributed by atoms with E-state index in [9.17, 15) is 0 Å². The Labute approximate surface area is 100 Å². The lowest BCUT2D eigenvalue weighted by molar-refractivity contribution is 0.187. The van der Waals surface area contributed by atoms with E-state index in [4.69, 9.17) is 10.5 Å². The molecule has 1 saturated carbocycles. The number of methoxy groups -OCH3 is 1.